The summed E-state index contributed by atoms with van der Waals surface area (Å²) in [6.45, 7) is 1.94. The second-order valence-corrected chi connectivity index (χ2v) is 3.90. The molecule has 0 saturated carbocycles. The number of aromatic nitrogens is 1. The molecule has 2 nitrogen and oxygen atoms in total. The zero-order chi connectivity index (χ0) is 10.1. The minimum Gasteiger partial charge on any atom is -0.254 e. The van der Waals surface area contributed by atoms with Crippen molar-refractivity contribution >= 4 is 26.8 Å². The van der Waals surface area contributed by atoms with Crippen LogP contribution in [0.15, 0.2) is 28.9 Å². The predicted molar refractivity (Wildman–Crippen MR) is 58.9 cm³/mol. The number of nitrogens with zero attached hydrogens (tertiary/aromatic N) is 2. The average Bonchev–Trinajstić information content (AvgIpc) is 2.20. The summed E-state index contributed by atoms with van der Waals surface area (Å²) in [4.78, 5) is 4.24. The van der Waals surface area contributed by atoms with E-state index in [1.54, 1.807) is 6.20 Å². The number of benzene rings is 1. The second-order valence-electron chi connectivity index (χ2n) is 3.04. The van der Waals surface area contributed by atoms with E-state index < -0.39 is 0 Å². The van der Waals surface area contributed by atoms with E-state index in [2.05, 4.69) is 27.0 Å². The van der Waals surface area contributed by atoms with E-state index in [0.29, 0.717) is 5.56 Å². The fourth-order valence-electron chi connectivity index (χ4n) is 1.43. The van der Waals surface area contributed by atoms with Gasteiger partial charge >= 0.3 is 0 Å². The number of pyridine rings is 1. The molecule has 2 rings (SSSR count). The lowest BCUT2D eigenvalue weighted by molar-refractivity contribution is 1.32. The molecule has 3 heteroatoms. The smallest absolute Gasteiger partial charge is 0.101 e. The van der Waals surface area contributed by atoms with Crippen LogP contribution >= 0.6 is 15.9 Å². The number of para-hydroxylation sites is 1. The Morgan fingerprint density at radius 2 is 2.21 bits per heavy atom. The lowest BCUT2D eigenvalue weighted by atomic mass is 10.1. The van der Waals surface area contributed by atoms with Gasteiger partial charge in [0.2, 0.25) is 0 Å². The molecule has 68 valence electrons. The van der Waals surface area contributed by atoms with Gasteiger partial charge in [0.15, 0.2) is 0 Å². The van der Waals surface area contributed by atoms with Gasteiger partial charge in [0.1, 0.15) is 6.07 Å². The predicted octanol–water partition coefficient (Wildman–Crippen LogP) is 3.18. The highest BCUT2D eigenvalue weighted by atomic mass is 79.9. The molecule has 0 atom stereocenters. The van der Waals surface area contributed by atoms with E-state index in [1.165, 1.54) is 0 Å². The maximum Gasteiger partial charge on any atom is 0.101 e. The molecule has 0 aliphatic heterocycles. The van der Waals surface area contributed by atoms with Gasteiger partial charge in [0.25, 0.3) is 0 Å². The lowest BCUT2D eigenvalue weighted by Gasteiger charge is -2.03. The molecular formula is C11H7BrN2. The van der Waals surface area contributed by atoms with Crippen LogP contribution in [-0.2, 0) is 0 Å². The summed E-state index contributed by atoms with van der Waals surface area (Å²) in [5.74, 6) is 0. The van der Waals surface area contributed by atoms with Crippen LogP contribution < -0.4 is 0 Å². The van der Waals surface area contributed by atoms with E-state index in [-0.39, 0.29) is 0 Å². The van der Waals surface area contributed by atoms with E-state index in [9.17, 15) is 0 Å². The molecule has 0 unspecified atom stereocenters. The van der Waals surface area contributed by atoms with Crippen LogP contribution in [0.25, 0.3) is 10.9 Å². The first kappa shape index (κ1) is 9.17. The van der Waals surface area contributed by atoms with Gasteiger partial charge in [-0.2, -0.15) is 5.26 Å². The summed E-state index contributed by atoms with van der Waals surface area (Å²) in [5, 5.41) is 9.87. The Morgan fingerprint density at radius 1 is 1.43 bits per heavy atom. The van der Waals surface area contributed by atoms with Crippen molar-refractivity contribution in [1.29, 1.82) is 5.26 Å². The van der Waals surface area contributed by atoms with E-state index in [4.69, 9.17) is 5.26 Å². The second kappa shape index (κ2) is 3.39. The van der Waals surface area contributed by atoms with Crippen molar-refractivity contribution in [3.63, 3.8) is 0 Å². The molecule has 0 bridgehead atoms. The Morgan fingerprint density at radius 3 is 2.93 bits per heavy atom. The van der Waals surface area contributed by atoms with Crippen LogP contribution in [0.5, 0.6) is 0 Å². The van der Waals surface area contributed by atoms with Gasteiger partial charge < -0.3 is 0 Å². The summed E-state index contributed by atoms with van der Waals surface area (Å²) in [5.41, 5.74) is 2.53. The minimum atomic E-state index is 0.635. The molecule has 0 saturated heterocycles. The van der Waals surface area contributed by atoms with Crippen LogP contribution in [0.2, 0.25) is 0 Å². The lowest BCUT2D eigenvalue weighted by Crippen LogP contribution is -1.88. The molecule has 0 N–H and O–H groups in total. The van der Waals surface area contributed by atoms with Crippen LogP contribution in [0, 0.1) is 18.3 Å². The van der Waals surface area contributed by atoms with Gasteiger partial charge in [-0.15, -0.1) is 0 Å². The maximum absolute atomic E-state index is 8.85. The molecule has 1 aromatic carbocycles. The fraction of sp³-hybridized carbons (Fsp3) is 0.0909. The van der Waals surface area contributed by atoms with Gasteiger partial charge in [-0.05, 0) is 34.5 Å². The topological polar surface area (TPSA) is 36.7 Å². The van der Waals surface area contributed by atoms with Crippen molar-refractivity contribution < 1.29 is 0 Å². The van der Waals surface area contributed by atoms with Crippen LogP contribution in [0.3, 0.4) is 0 Å². The standard InChI is InChI=1S/C11H7BrN2/c1-7-8(5-13)6-14-11-9(7)3-2-4-10(11)12/h2-4,6H,1H3. The quantitative estimate of drug-likeness (QED) is 0.716. The fourth-order valence-corrected chi connectivity index (χ4v) is 1.90. The van der Waals surface area contributed by atoms with Crippen molar-refractivity contribution in [2.45, 2.75) is 6.92 Å². The van der Waals surface area contributed by atoms with Gasteiger partial charge in [-0.25, -0.2) is 0 Å². The van der Waals surface area contributed by atoms with Gasteiger partial charge in [-0.3, -0.25) is 4.98 Å². The highest BCUT2D eigenvalue weighted by Crippen LogP contribution is 2.25. The van der Waals surface area contributed by atoms with Gasteiger partial charge in [0, 0.05) is 16.1 Å². The molecular weight excluding hydrogens is 240 g/mol. The van der Waals surface area contributed by atoms with Crippen molar-refractivity contribution in [1.82, 2.24) is 4.98 Å². The number of hydrogen-bond acceptors (Lipinski definition) is 2. The number of fused-ring (bicyclic) bond motifs is 1. The SMILES string of the molecule is Cc1c(C#N)cnc2c(Br)cccc12. The Labute approximate surface area is 90.3 Å². The van der Waals surface area contributed by atoms with Crippen molar-refractivity contribution in [2.75, 3.05) is 0 Å². The molecule has 1 heterocycles. The molecule has 0 amide bonds. The highest BCUT2D eigenvalue weighted by molar-refractivity contribution is 9.10. The zero-order valence-electron chi connectivity index (χ0n) is 7.58. The number of aryl methyl sites for hydroxylation is 1. The average molecular weight is 247 g/mol. The maximum atomic E-state index is 8.85. The van der Waals surface area contributed by atoms with Crippen LogP contribution in [-0.4, -0.2) is 4.98 Å². The number of halogens is 1. The Bertz CT molecular complexity index is 541. The first-order valence-electron chi connectivity index (χ1n) is 4.18. The monoisotopic (exact) mass is 246 g/mol. The summed E-state index contributed by atoms with van der Waals surface area (Å²) < 4.78 is 0.961. The minimum absolute atomic E-state index is 0.635. The first-order chi connectivity index (χ1) is 6.74. The third kappa shape index (κ3) is 1.28. The van der Waals surface area contributed by atoms with Crippen molar-refractivity contribution in [3.8, 4) is 6.07 Å². The molecule has 1 aromatic heterocycles. The normalized spacial score (nSPS) is 10.1. The molecule has 0 fully saturated rings. The van der Waals surface area contributed by atoms with Gasteiger partial charge in [0.05, 0.1) is 11.1 Å². The van der Waals surface area contributed by atoms with E-state index in [1.807, 2.05) is 25.1 Å². The Hall–Kier alpha value is -1.40. The number of hydrogen-bond donors (Lipinski definition) is 0. The van der Waals surface area contributed by atoms with E-state index >= 15 is 0 Å². The summed E-state index contributed by atoms with van der Waals surface area (Å²) in [6.07, 6.45) is 1.61. The Kier molecular flexibility index (Phi) is 2.22. The molecule has 0 radical (unpaired) electrons. The van der Waals surface area contributed by atoms with Crippen LogP contribution in [0.1, 0.15) is 11.1 Å². The van der Waals surface area contributed by atoms with Crippen molar-refractivity contribution in [3.05, 3.63) is 40.0 Å². The first-order valence-corrected chi connectivity index (χ1v) is 4.97. The Balaban J connectivity index is 2.92. The molecule has 0 aliphatic carbocycles. The molecule has 2 aromatic rings. The van der Waals surface area contributed by atoms with Gasteiger partial charge in [-0.1, -0.05) is 12.1 Å². The molecule has 14 heavy (non-hydrogen) atoms. The number of rotatable bonds is 0. The zero-order valence-corrected chi connectivity index (χ0v) is 9.17. The largest absolute Gasteiger partial charge is 0.254 e. The molecule has 0 spiro atoms. The third-order valence-electron chi connectivity index (χ3n) is 2.24. The van der Waals surface area contributed by atoms with E-state index in [0.717, 1.165) is 20.9 Å². The van der Waals surface area contributed by atoms with Crippen molar-refractivity contribution in [2.24, 2.45) is 0 Å². The van der Waals surface area contributed by atoms with Crippen LogP contribution in [0.4, 0.5) is 0 Å². The molecule has 0 aliphatic rings. The summed E-state index contributed by atoms with van der Waals surface area (Å²) in [7, 11) is 0. The highest BCUT2D eigenvalue weighted by Gasteiger charge is 2.05. The summed E-state index contributed by atoms with van der Waals surface area (Å²) in [6, 6.07) is 8.00. The summed E-state index contributed by atoms with van der Waals surface area (Å²) >= 11 is 3.43. The third-order valence-corrected chi connectivity index (χ3v) is 2.88. The number of nitriles is 1.